The highest BCUT2D eigenvalue weighted by molar-refractivity contribution is 5.85. The lowest BCUT2D eigenvalue weighted by atomic mass is 10.3. The van der Waals surface area contributed by atoms with E-state index in [1.165, 1.54) is 0 Å². The summed E-state index contributed by atoms with van der Waals surface area (Å²) in [7, 11) is 12.2. The molecular formula is C14H31ClN2O4+2. The molecule has 0 aliphatic heterocycles. The van der Waals surface area contributed by atoms with E-state index in [1.54, 1.807) is 0 Å². The fourth-order valence-electron chi connectivity index (χ4n) is 1.22. The van der Waals surface area contributed by atoms with Crippen LogP contribution in [0.4, 0.5) is 0 Å². The van der Waals surface area contributed by atoms with Crippen molar-refractivity contribution in [3.05, 3.63) is 0 Å². The summed E-state index contributed by atoms with van der Waals surface area (Å²) in [6.07, 6.45) is 0.167. The lowest BCUT2D eigenvalue weighted by Crippen LogP contribution is -2.38. The Kier molecular flexibility index (Phi) is 10.7. The van der Waals surface area contributed by atoms with Crippen LogP contribution in [0.5, 0.6) is 0 Å². The van der Waals surface area contributed by atoms with E-state index in [1.807, 2.05) is 42.3 Å². The molecule has 0 saturated carbocycles. The average molecular weight is 327 g/mol. The summed E-state index contributed by atoms with van der Waals surface area (Å²) >= 11 is 0. The molecular weight excluding hydrogens is 296 g/mol. The molecule has 126 valence electrons. The summed E-state index contributed by atoms with van der Waals surface area (Å²) < 4.78 is 11.6. The maximum Gasteiger partial charge on any atom is 0.306 e. The summed E-state index contributed by atoms with van der Waals surface area (Å²) in [5.74, 6) is -0.691. The first-order valence-corrected chi connectivity index (χ1v) is 6.92. The minimum atomic E-state index is -0.345. The van der Waals surface area contributed by atoms with Gasteiger partial charge in [-0.05, 0) is 0 Å². The topological polar surface area (TPSA) is 52.6 Å². The van der Waals surface area contributed by atoms with Gasteiger partial charge in [0.05, 0.1) is 55.1 Å². The third-order valence-electron chi connectivity index (χ3n) is 2.58. The minimum absolute atomic E-state index is 0. The number of ether oxygens (including phenoxy) is 2. The van der Waals surface area contributed by atoms with E-state index >= 15 is 0 Å². The van der Waals surface area contributed by atoms with Crippen LogP contribution in [0.2, 0.25) is 0 Å². The molecule has 0 aromatic heterocycles. The smallest absolute Gasteiger partial charge is 0.306 e. The Labute approximate surface area is 134 Å². The Hall–Kier alpha value is -0.850. The van der Waals surface area contributed by atoms with Crippen LogP contribution in [0.15, 0.2) is 0 Å². The highest BCUT2D eigenvalue weighted by Crippen LogP contribution is 1.98. The monoisotopic (exact) mass is 326 g/mol. The lowest BCUT2D eigenvalue weighted by Gasteiger charge is -2.23. The van der Waals surface area contributed by atoms with Gasteiger partial charge in [0.15, 0.2) is 0 Å². The number of likely N-dealkylation sites (N-methyl/N-ethyl adjacent to an activating group) is 2. The molecule has 0 aromatic carbocycles. The Balaban J connectivity index is 0. The third kappa shape index (κ3) is 17.1. The molecule has 0 radical (unpaired) electrons. The zero-order valence-electron chi connectivity index (χ0n) is 14.2. The highest BCUT2D eigenvalue weighted by Gasteiger charge is 2.13. The number of halogens is 1. The first-order valence-electron chi connectivity index (χ1n) is 6.92. The highest BCUT2D eigenvalue weighted by atomic mass is 35.5. The number of nitrogens with zero attached hydrogens (tertiary/aromatic N) is 2. The number of quaternary nitrogens is 2. The fraction of sp³-hybridized carbons (Fsp3) is 0.857. The summed E-state index contributed by atoms with van der Waals surface area (Å²) in [5.41, 5.74) is 0. The first kappa shape index (κ1) is 22.4. The van der Waals surface area contributed by atoms with Gasteiger partial charge < -0.3 is 18.4 Å². The van der Waals surface area contributed by atoms with Crippen LogP contribution < -0.4 is 0 Å². The average Bonchev–Trinajstić information content (AvgIpc) is 2.22. The van der Waals surface area contributed by atoms with E-state index in [4.69, 9.17) is 9.47 Å². The summed E-state index contributed by atoms with van der Waals surface area (Å²) in [4.78, 5) is 22.9. The number of hydrogen-bond donors (Lipinski definition) is 0. The molecule has 0 aromatic rings. The molecule has 7 heteroatoms. The molecule has 0 N–H and O–H groups in total. The van der Waals surface area contributed by atoms with Gasteiger partial charge in [0.1, 0.15) is 26.3 Å². The molecule has 0 unspecified atom stereocenters. The van der Waals surface area contributed by atoms with Gasteiger partial charge in [-0.2, -0.15) is 0 Å². The van der Waals surface area contributed by atoms with Crippen LogP contribution in [0.3, 0.4) is 0 Å². The Morgan fingerprint density at radius 3 is 1.24 bits per heavy atom. The molecule has 0 aliphatic rings. The van der Waals surface area contributed by atoms with Crippen LogP contribution in [-0.4, -0.2) is 89.5 Å². The molecule has 0 spiro atoms. The van der Waals surface area contributed by atoms with Crippen molar-refractivity contribution in [2.75, 3.05) is 68.6 Å². The largest absolute Gasteiger partial charge is 0.460 e. The lowest BCUT2D eigenvalue weighted by molar-refractivity contribution is -0.870. The Bertz CT molecular complexity index is 290. The fourth-order valence-corrected chi connectivity index (χ4v) is 1.22. The zero-order valence-corrected chi connectivity index (χ0v) is 15.0. The quantitative estimate of drug-likeness (QED) is 0.462. The SMILES string of the molecule is C[N+](C)(C)CCOC(=O)CCC(=O)OCC[N+](C)(C)C.Cl. The third-order valence-corrected chi connectivity index (χ3v) is 2.58. The van der Waals surface area contributed by atoms with Gasteiger partial charge in [0.25, 0.3) is 0 Å². The standard InChI is InChI=1S/C14H30N2O4.ClH/c1-15(2,3)9-11-19-13(17)7-8-14(18)20-12-10-16(4,5)6;/h7-12H2,1-6H3;1H/q+2;. The van der Waals surface area contributed by atoms with E-state index in [0.717, 1.165) is 22.1 Å². The van der Waals surface area contributed by atoms with Crippen molar-refractivity contribution >= 4 is 24.3 Å². The van der Waals surface area contributed by atoms with E-state index in [2.05, 4.69) is 0 Å². The Morgan fingerprint density at radius 1 is 0.714 bits per heavy atom. The van der Waals surface area contributed by atoms with Crippen LogP contribution in [0, 0.1) is 0 Å². The Morgan fingerprint density at radius 2 is 1.00 bits per heavy atom. The van der Waals surface area contributed by atoms with Gasteiger partial charge in [0.2, 0.25) is 0 Å². The van der Waals surface area contributed by atoms with E-state index < -0.39 is 0 Å². The van der Waals surface area contributed by atoms with E-state index in [-0.39, 0.29) is 37.2 Å². The number of hydrogen-bond acceptors (Lipinski definition) is 4. The van der Waals surface area contributed by atoms with Crippen molar-refractivity contribution in [1.29, 1.82) is 0 Å². The van der Waals surface area contributed by atoms with E-state index in [9.17, 15) is 9.59 Å². The zero-order chi connectivity index (χ0) is 15.8. The number of esters is 2. The second-order valence-electron chi connectivity index (χ2n) is 6.97. The maximum atomic E-state index is 11.4. The molecule has 6 nitrogen and oxygen atoms in total. The summed E-state index contributed by atoms with van der Waals surface area (Å²) in [5, 5.41) is 0. The van der Waals surface area contributed by atoms with Crippen LogP contribution in [0.1, 0.15) is 12.8 Å². The van der Waals surface area contributed by atoms with Crippen molar-refractivity contribution < 1.29 is 28.0 Å². The van der Waals surface area contributed by atoms with Crippen LogP contribution >= 0.6 is 12.4 Å². The van der Waals surface area contributed by atoms with E-state index in [0.29, 0.717) is 13.2 Å². The van der Waals surface area contributed by atoms with Crippen molar-refractivity contribution in [3.8, 4) is 0 Å². The van der Waals surface area contributed by atoms with Crippen molar-refractivity contribution in [2.24, 2.45) is 0 Å². The second-order valence-corrected chi connectivity index (χ2v) is 6.97. The van der Waals surface area contributed by atoms with Crippen molar-refractivity contribution in [1.82, 2.24) is 0 Å². The number of carbonyl (C=O) groups is 2. The van der Waals surface area contributed by atoms with Gasteiger partial charge in [0, 0.05) is 0 Å². The van der Waals surface area contributed by atoms with Crippen LogP contribution in [0.25, 0.3) is 0 Å². The van der Waals surface area contributed by atoms with Gasteiger partial charge in [-0.25, -0.2) is 0 Å². The van der Waals surface area contributed by atoms with Gasteiger partial charge in [-0.3, -0.25) is 9.59 Å². The van der Waals surface area contributed by atoms with Gasteiger partial charge in [-0.15, -0.1) is 12.4 Å². The molecule has 0 atom stereocenters. The molecule has 0 aliphatic carbocycles. The van der Waals surface area contributed by atoms with Crippen molar-refractivity contribution in [2.45, 2.75) is 12.8 Å². The van der Waals surface area contributed by atoms with Gasteiger partial charge >= 0.3 is 11.9 Å². The normalized spacial score (nSPS) is 11.5. The maximum absolute atomic E-state index is 11.4. The molecule has 0 fully saturated rings. The predicted octanol–water partition coefficient (Wildman–Crippen LogP) is 0.687. The summed E-state index contributed by atoms with van der Waals surface area (Å²) in [6.45, 7) is 2.25. The molecule has 0 saturated heterocycles. The molecule has 0 heterocycles. The molecule has 0 bridgehead atoms. The van der Waals surface area contributed by atoms with Crippen LogP contribution in [-0.2, 0) is 19.1 Å². The van der Waals surface area contributed by atoms with Gasteiger partial charge in [-0.1, -0.05) is 0 Å². The predicted molar refractivity (Wildman–Crippen MR) is 84.2 cm³/mol. The number of carbonyl (C=O) groups excluding carboxylic acids is 2. The molecule has 0 amide bonds. The molecule has 0 rings (SSSR count). The second kappa shape index (κ2) is 9.97. The first-order chi connectivity index (χ1) is 8.99. The summed E-state index contributed by atoms with van der Waals surface area (Å²) in [6, 6.07) is 0. The molecule has 21 heavy (non-hydrogen) atoms. The minimum Gasteiger partial charge on any atom is -0.460 e. The van der Waals surface area contributed by atoms with Crippen molar-refractivity contribution in [3.63, 3.8) is 0 Å². The number of rotatable bonds is 9.